The Labute approximate surface area is 110 Å². The number of carbonyl (C=O) groups excluding carboxylic acids is 1. The predicted octanol–water partition coefficient (Wildman–Crippen LogP) is 0.0447. The fourth-order valence-corrected chi connectivity index (χ4v) is 1.76. The molecule has 0 aliphatic heterocycles. The third-order valence-electron chi connectivity index (χ3n) is 3.05. The van der Waals surface area contributed by atoms with E-state index in [1.807, 2.05) is 13.8 Å². The zero-order valence-corrected chi connectivity index (χ0v) is 11.3. The van der Waals surface area contributed by atoms with Gasteiger partial charge in [-0.05, 0) is 13.3 Å². The summed E-state index contributed by atoms with van der Waals surface area (Å²) in [7, 11) is 1.72. The van der Waals surface area contributed by atoms with E-state index in [1.165, 1.54) is 21.8 Å². The molecule has 102 valence electrons. The molecule has 7 nitrogen and oxygen atoms in total. The van der Waals surface area contributed by atoms with E-state index in [1.54, 1.807) is 7.05 Å². The Bertz CT molecular complexity index is 658. The second-order valence-corrected chi connectivity index (χ2v) is 4.56. The first kappa shape index (κ1) is 13.3. The molecular weight excluding hydrogens is 246 g/mol. The van der Waals surface area contributed by atoms with Crippen LogP contribution in [0.4, 0.5) is 0 Å². The molecule has 0 saturated heterocycles. The first-order valence-electron chi connectivity index (χ1n) is 6.19. The predicted molar refractivity (Wildman–Crippen MR) is 70.7 cm³/mol. The Balaban J connectivity index is 2.24. The Morgan fingerprint density at radius 2 is 2.26 bits per heavy atom. The van der Waals surface area contributed by atoms with Crippen molar-refractivity contribution in [3.63, 3.8) is 0 Å². The maximum absolute atomic E-state index is 12.1. The second-order valence-electron chi connectivity index (χ2n) is 4.56. The van der Waals surface area contributed by atoms with E-state index in [4.69, 9.17) is 0 Å². The van der Waals surface area contributed by atoms with Gasteiger partial charge in [0.25, 0.3) is 5.56 Å². The number of hydrogen-bond donors (Lipinski definition) is 1. The van der Waals surface area contributed by atoms with Crippen molar-refractivity contribution in [1.29, 1.82) is 0 Å². The molecule has 2 aromatic heterocycles. The molecule has 0 aliphatic carbocycles. The maximum Gasteiger partial charge on any atom is 0.264 e. The molecular formula is C12H17N5O2. The number of aryl methyl sites for hydroxylation is 1. The number of nitrogens with zero attached hydrogens (tertiary/aromatic N) is 4. The van der Waals surface area contributed by atoms with Crippen LogP contribution in [0.15, 0.2) is 17.3 Å². The summed E-state index contributed by atoms with van der Waals surface area (Å²) in [6.45, 7) is 3.88. The Morgan fingerprint density at radius 3 is 2.95 bits per heavy atom. The number of fused-ring (bicyclic) bond motifs is 1. The highest BCUT2D eigenvalue weighted by atomic mass is 16.2. The highest BCUT2D eigenvalue weighted by molar-refractivity contribution is 5.77. The molecule has 1 amide bonds. The normalized spacial score (nSPS) is 12.6. The molecule has 2 heterocycles. The van der Waals surface area contributed by atoms with Crippen LogP contribution in [-0.2, 0) is 18.4 Å². The molecule has 0 aliphatic rings. The van der Waals surface area contributed by atoms with Gasteiger partial charge in [-0.3, -0.25) is 18.8 Å². The Hall–Kier alpha value is -2.18. The van der Waals surface area contributed by atoms with Crippen molar-refractivity contribution in [3.8, 4) is 0 Å². The maximum atomic E-state index is 12.1. The number of aromatic nitrogens is 4. The molecule has 0 bridgehead atoms. The van der Waals surface area contributed by atoms with Crippen LogP contribution in [0, 0.1) is 0 Å². The molecule has 1 N–H and O–H groups in total. The van der Waals surface area contributed by atoms with E-state index in [9.17, 15) is 9.59 Å². The van der Waals surface area contributed by atoms with E-state index in [-0.39, 0.29) is 24.1 Å². The molecule has 2 aromatic rings. The minimum Gasteiger partial charge on any atom is -0.352 e. The topological polar surface area (TPSA) is 81.8 Å². The SMILES string of the molecule is CCC(C)NC(=O)Cn1cnc2c(cnn2C)c1=O. The minimum absolute atomic E-state index is 0.0268. The van der Waals surface area contributed by atoms with Crippen LogP contribution < -0.4 is 10.9 Å². The second kappa shape index (κ2) is 5.21. The van der Waals surface area contributed by atoms with Crippen LogP contribution in [0.2, 0.25) is 0 Å². The fourth-order valence-electron chi connectivity index (χ4n) is 1.76. The van der Waals surface area contributed by atoms with Gasteiger partial charge in [0.2, 0.25) is 5.91 Å². The third kappa shape index (κ3) is 2.64. The van der Waals surface area contributed by atoms with Crippen molar-refractivity contribution in [2.24, 2.45) is 7.05 Å². The van der Waals surface area contributed by atoms with Gasteiger partial charge in [0.05, 0.1) is 6.20 Å². The van der Waals surface area contributed by atoms with Crippen LogP contribution in [-0.4, -0.2) is 31.3 Å². The Morgan fingerprint density at radius 1 is 1.53 bits per heavy atom. The van der Waals surface area contributed by atoms with Gasteiger partial charge < -0.3 is 5.32 Å². The van der Waals surface area contributed by atoms with Gasteiger partial charge in [0.15, 0.2) is 5.65 Å². The monoisotopic (exact) mass is 263 g/mol. The van der Waals surface area contributed by atoms with Gasteiger partial charge in [-0.2, -0.15) is 5.10 Å². The summed E-state index contributed by atoms with van der Waals surface area (Å²) in [5.74, 6) is -0.193. The van der Waals surface area contributed by atoms with Gasteiger partial charge in [-0.25, -0.2) is 4.98 Å². The molecule has 0 radical (unpaired) electrons. The largest absolute Gasteiger partial charge is 0.352 e. The van der Waals surface area contributed by atoms with Crippen molar-refractivity contribution in [2.45, 2.75) is 32.9 Å². The minimum atomic E-state index is -0.252. The number of nitrogens with one attached hydrogen (secondary N) is 1. The van der Waals surface area contributed by atoms with Crippen molar-refractivity contribution in [1.82, 2.24) is 24.6 Å². The summed E-state index contributed by atoms with van der Waals surface area (Å²) in [5, 5.41) is 7.21. The summed E-state index contributed by atoms with van der Waals surface area (Å²) in [6.07, 6.45) is 3.69. The zero-order chi connectivity index (χ0) is 14.0. The van der Waals surface area contributed by atoms with E-state index < -0.39 is 0 Å². The molecule has 19 heavy (non-hydrogen) atoms. The molecule has 1 atom stereocenters. The van der Waals surface area contributed by atoms with Crippen LogP contribution in [0.25, 0.3) is 11.0 Å². The van der Waals surface area contributed by atoms with Crippen LogP contribution in [0.3, 0.4) is 0 Å². The molecule has 2 rings (SSSR count). The summed E-state index contributed by atoms with van der Waals surface area (Å²) in [5.41, 5.74) is 0.265. The number of amides is 1. The fraction of sp³-hybridized carbons (Fsp3) is 0.500. The quantitative estimate of drug-likeness (QED) is 0.844. The number of carbonyl (C=O) groups is 1. The van der Waals surface area contributed by atoms with Crippen molar-refractivity contribution in [3.05, 3.63) is 22.9 Å². The van der Waals surface area contributed by atoms with Crippen molar-refractivity contribution >= 4 is 16.9 Å². The average Bonchev–Trinajstić information content (AvgIpc) is 2.75. The molecule has 0 aromatic carbocycles. The molecule has 0 saturated carbocycles. The van der Waals surface area contributed by atoms with E-state index in [0.717, 1.165) is 6.42 Å². The highest BCUT2D eigenvalue weighted by Gasteiger charge is 2.11. The summed E-state index contributed by atoms with van der Waals surface area (Å²) in [4.78, 5) is 28.0. The molecule has 0 fully saturated rings. The van der Waals surface area contributed by atoms with Gasteiger partial charge in [-0.1, -0.05) is 6.92 Å². The lowest BCUT2D eigenvalue weighted by Gasteiger charge is -2.12. The first-order chi connectivity index (χ1) is 9.02. The number of hydrogen-bond acceptors (Lipinski definition) is 4. The molecule has 1 unspecified atom stereocenters. The van der Waals surface area contributed by atoms with Crippen molar-refractivity contribution < 1.29 is 4.79 Å². The molecule has 7 heteroatoms. The average molecular weight is 263 g/mol. The molecule has 0 spiro atoms. The van der Waals surface area contributed by atoms with Gasteiger partial charge in [0.1, 0.15) is 18.3 Å². The Kier molecular flexibility index (Phi) is 3.64. The summed E-state index contributed by atoms with van der Waals surface area (Å²) >= 11 is 0. The summed E-state index contributed by atoms with van der Waals surface area (Å²) in [6, 6.07) is 0.0956. The van der Waals surface area contributed by atoms with Gasteiger partial charge >= 0.3 is 0 Å². The van der Waals surface area contributed by atoms with Gasteiger partial charge in [-0.15, -0.1) is 0 Å². The van der Waals surface area contributed by atoms with E-state index in [0.29, 0.717) is 11.0 Å². The van der Waals surface area contributed by atoms with Crippen LogP contribution in [0.5, 0.6) is 0 Å². The van der Waals surface area contributed by atoms with E-state index >= 15 is 0 Å². The smallest absolute Gasteiger partial charge is 0.264 e. The van der Waals surface area contributed by atoms with Crippen molar-refractivity contribution in [2.75, 3.05) is 0 Å². The standard InChI is InChI=1S/C12H17N5O2/c1-4-8(2)15-10(18)6-17-7-13-11-9(12(17)19)5-14-16(11)3/h5,7-8H,4,6H2,1-3H3,(H,15,18). The van der Waals surface area contributed by atoms with E-state index in [2.05, 4.69) is 15.4 Å². The lowest BCUT2D eigenvalue weighted by atomic mass is 10.2. The lowest BCUT2D eigenvalue weighted by Crippen LogP contribution is -2.37. The zero-order valence-electron chi connectivity index (χ0n) is 11.3. The number of rotatable bonds is 4. The lowest BCUT2D eigenvalue weighted by molar-refractivity contribution is -0.122. The van der Waals surface area contributed by atoms with Gasteiger partial charge in [0, 0.05) is 13.1 Å². The summed E-state index contributed by atoms with van der Waals surface area (Å²) < 4.78 is 2.82. The first-order valence-corrected chi connectivity index (χ1v) is 6.19. The third-order valence-corrected chi connectivity index (χ3v) is 3.05. The van der Waals surface area contributed by atoms with Crippen LogP contribution >= 0.6 is 0 Å². The highest BCUT2D eigenvalue weighted by Crippen LogP contribution is 2.02. The van der Waals surface area contributed by atoms with Crippen LogP contribution in [0.1, 0.15) is 20.3 Å².